The van der Waals surface area contributed by atoms with E-state index in [1.165, 1.54) is 12.1 Å². The number of amides is 3. The maximum Gasteiger partial charge on any atom is 0.412 e. The summed E-state index contributed by atoms with van der Waals surface area (Å²) < 4.78 is 5.62. The molecule has 3 rings (SSSR count). The number of nitro benzene ring substituents is 1. The maximum absolute atomic E-state index is 12.9. The first-order valence-electron chi connectivity index (χ1n) is 10.6. The van der Waals surface area contributed by atoms with Crippen molar-refractivity contribution >= 4 is 57.9 Å². The molecule has 0 saturated carbocycles. The van der Waals surface area contributed by atoms with Gasteiger partial charge in [0.25, 0.3) is 17.5 Å². The summed E-state index contributed by atoms with van der Waals surface area (Å²) in [4.78, 5) is 48.6. The van der Waals surface area contributed by atoms with E-state index in [1.54, 1.807) is 57.2 Å². The predicted octanol–water partition coefficient (Wildman–Crippen LogP) is 5.84. The molecule has 188 valence electrons. The number of hydrogen-bond donors (Lipinski definition) is 3. The number of rotatable bonds is 7. The minimum absolute atomic E-state index is 0.00325. The van der Waals surface area contributed by atoms with Gasteiger partial charge in [0.05, 0.1) is 14.1 Å². The lowest BCUT2D eigenvalue weighted by Crippen LogP contribution is -2.27. The Morgan fingerprint density at radius 2 is 1.72 bits per heavy atom. The van der Waals surface area contributed by atoms with Crippen LogP contribution < -0.4 is 16.0 Å². The Bertz CT molecular complexity index is 1320. The van der Waals surface area contributed by atoms with Crippen LogP contribution >= 0.6 is 22.9 Å². The minimum atomic E-state index is -0.858. The van der Waals surface area contributed by atoms with Crippen molar-refractivity contribution in [3.63, 3.8) is 0 Å². The largest absolute Gasteiger partial charge is 0.444 e. The van der Waals surface area contributed by atoms with Gasteiger partial charge in [0.15, 0.2) is 0 Å². The predicted molar refractivity (Wildman–Crippen MR) is 138 cm³/mol. The van der Waals surface area contributed by atoms with Gasteiger partial charge in [-0.3, -0.25) is 25.0 Å². The van der Waals surface area contributed by atoms with Crippen molar-refractivity contribution in [2.75, 3.05) is 10.6 Å². The molecule has 0 aliphatic rings. The monoisotopic (exact) mass is 530 g/mol. The summed E-state index contributed by atoms with van der Waals surface area (Å²) in [5.41, 5.74) is -0.317. The Hall–Kier alpha value is -3.96. The highest BCUT2D eigenvalue weighted by Gasteiger charge is 2.22. The lowest BCUT2D eigenvalue weighted by Gasteiger charge is -2.19. The van der Waals surface area contributed by atoms with Crippen LogP contribution in [0, 0.1) is 10.1 Å². The van der Waals surface area contributed by atoms with Gasteiger partial charge in [0.1, 0.15) is 11.3 Å². The summed E-state index contributed by atoms with van der Waals surface area (Å²) in [7, 11) is 0. The van der Waals surface area contributed by atoms with Crippen LogP contribution in [0.3, 0.4) is 0 Å². The highest BCUT2D eigenvalue weighted by atomic mass is 35.5. The molecule has 0 atom stereocenters. The van der Waals surface area contributed by atoms with Crippen molar-refractivity contribution in [1.82, 2.24) is 5.32 Å². The Morgan fingerprint density at radius 1 is 1.00 bits per heavy atom. The summed E-state index contributed by atoms with van der Waals surface area (Å²) in [5, 5.41) is 19.4. The van der Waals surface area contributed by atoms with Gasteiger partial charge in [0, 0.05) is 23.9 Å². The van der Waals surface area contributed by atoms with E-state index >= 15 is 0 Å². The Labute approximate surface area is 215 Å². The van der Waals surface area contributed by atoms with E-state index in [0.717, 1.165) is 17.4 Å². The molecule has 0 fully saturated rings. The lowest BCUT2D eigenvalue weighted by molar-refractivity contribution is -0.383. The average molecular weight is 531 g/mol. The fraction of sp³-hybridized carbons (Fsp3) is 0.208. The minimum Gasteiger partial charge on any atom is -0.444 e. The number of thiophene rings is 1. The van der Waals surface area contributed by atoms with E-state index in [0.29, 0.717) is 20.5 Å². The fourth-order valence-corrected chi connectivity index (χ4v) is 3.99. The first-order chi connectivity index (χ1) is 16.9. The third-order valence-electron chi connectivity index (χ3n) is 4.59. The molecule has 0 bridgehead atoms. The van der Waals surface area contributed by atoms with Crippen molar-refractivity contribution in [3.8, 4) is 0 Å². The highest BCUT2D eigenvalue weighted by Crippen LogP contribution is 2.27. The molecule has 0 saturated heterocycles. The van der Waals surface area contributed by atoms with E-state index in [9.17, 15) is 24.5 Å². The number of anilines is 2. The van der Waals surface area contributed by atoms with E-state index in [1.807, 2.05) is 0 Å². The number of ether oxygens (including phenoxy) is 1. The number of hydrogen-bond acceptors (Lipinski definition) is 7. The molecule has 10 nitrogen and oxygen atoms in total. The van der Waals surface area contributed by atoms with Gasteiger partial charge in [-0.1, -0.05) is 29.8 Å². The first kappa shape index (κ1) is 26.6. The topological polar surface area (TPSA) is 140 Å². The zero-order valence-corrected chi connectivity index (χ0v) is 21.2. The number of halogens is 1. The summed E-state index contributed by atoms with van der Waals surface area (Å²) in [6, 6.07) is 13.7. The molecule has 3 N–H and O–H groups in total. The van der Waals surface area contributed by atoms with Crippen LogP contribution in [0.4, 0.5) is 21.9 Å². The number of nitrogens with zero attached hydrogens (tertiary/aromatic N) is 1. The molecule has 0 unspecified atom stereocenters. The first-order valence-corrected chi connectivity index (χ1v) is 11.8. The number of carbonyl (C=O) groups is 3. The van der Waals surface area contributed by atoms with Gasteiger partial charge in [-0.05, 0) is 56.7 Å². The van der Waals surface area contributed by atoms with E-state index in [4.69, 9.17) is 16.3 Å². The quantitative estimate of drug-likeness (QED) is 0.259. The normalized spacial score (nSPS) is 10.9. The van der Waals surface area contributed by atoms with Crippen LogP contribution in [-0.4, -0.2) is 28.4 Å². The zero-order chi connectivity index (χ0) is 26.5. The Balaban J connectivity index is 1.74. The Kier molecular flexibility index (Phi) is 8.28. The molecule has 36 heavy (non-hydrogen) atoms. The molecular formula is C24H23ClN4O6S. The summed E-state index contributed by atoms with van der Waals surface area (Å²) in [5.74, 6) is -0.914. The van der Waals surface area contributed by atoms with Gasteiger partial charge in [-0.15, -0.1) is 11.3 Å². The number of benzene rings is 2. The van der Waals surface area contributed by atoms with E-state index < -0.39 is 28.2 Å². The summed E-state index contributed by atoms with van der Waals surface area (Å²) in [6.07, 6.45) is -0.858. The van der Waals surface area contributed by atoms with Crippen molar-refractivity contribution < 1.29 is 24.0 Å². The number of para-hydroxylation sites is 1. The van der Waals surface area contributed by atoms with Crippen LogP contribution in [0.1, 0.15) is 46.4 Å². The van der Waals surface area contributed by atoms with Gasteiger partial charge in [-0.25, -0.2) is 4.79 Å². The molecular weight excluding hydrogens is 508 g/mol. The van der Waals surface area contributed by atoms with E-state index in [-0.39, 0.29) is 23.7 Å². The second-order valence-corrected chi connectivity index (χ2v) is 10.2. The molecule has 0 spiro atoms. The second-order valence-electron chi connectivity index (χ2n) is 8.51. The number of nitro groups is 1. The third kappa shape index (κ3) is 7.27. The summed E-state index contributed by atoms with van der Waals surface area (Å²) in [6.45, 7) is 5.12. The van der Waals surface area contributed by atoms with Gasteiger partial charge in [0.2, 0.25) is 0 Å². The van der Waals surface area contributed by atoms with Crippen LogP contribution in [-0.2, 0) is 11.3 Å². The average Bonchev–Trinajstić information content (AvgIpc) is 3.23. The number of nitrogens with one attached hydrogen (secondary N) is 3. The van der Waals surface area contributed by atoms with Crippen molar-refractivity contribution in [2.45, 2.75) is 32.9 Å². The molecule has 12 heteroatoms. The molecule has 3 amide bonds. The number of carbonyl (C=O) groups excluding carboxylic acids is 3. The molecule has 0 radical (unpaired) electrons. The zero-order valence-electron chi connectivity index (χ0n) is 19.6. The highest BCUT2D eigenvalue weighted by molar-refractivity contribution is 7.18. The van der Waals surface area contributed by atoms with Crippen molar-refractivity contribution in [1.29, 1.82) is 0 Å². The van der Waals surface area contributed by atoms with Crippen LogP contribution in [0.15, 0.2) is 54.6 Å². The molecule has 0 aliphatic heterocycles. The molecule has 1 heterocycles. The van der Waals surface area contributed by atoms with Crippen molar-refractivity contribution in [2.24, 2.45) is 0 Å². The molecule has 3 aromatic rings. The Morgan fingerprint density at radius 3 is 2.36 bits per heavy atom. The molecule has 0 aliphatic carbocycles. The molecule has 1 aromatic heterocycles. The van der Waals surface area contributed by atoms with Gasteiger partial charge >= 0.3 is 6.09 Å². The second kappa shape index (κ2) is 11.2. The van der Waals surface area contributed by atoms with Crippen molar-refractivity contribution in [3.05, 3.63) is 85.1 Å². The third-order valence-corrected chi connectivity index (χ3v) is 5.82. The van der Waals surface area contributed by atoms with E-state index in [2.05, 4.69) is 16.0 Å². The fourth-order valence-electron chi connectivity index (χ4n) is 3.03. The SMILES string of the molecule is CC(C)(C)OC(=O)Nc1ccc(C(=O)Nc2ccccc2CNC(=O)c2ccc(Cl)s2)cc1[N+](=O)[O-]. The van der Waals surface area contributed by atoms with Crippen LogP contribution in [0.2, 0.25) is 4.34 Å². The smallest absolute Gasteiger partial charge is 0.412 e. The maximum atomic E-state index is 12.9. The van der Waals surface area contributed by atoms with Gasteiger partial charge in [-0.2, -0.15) is 0 Å². The van der Waals surface area contributed by atoms with Gasteiger partial charge < -0.3 is 15.4 Å². The lowest BCUT2D eigenvalue weighted by atomic mass is 10.1. The summed E-state index contributed by atoms with van der Waals surface area (Å²) >= 11 is 7.02. The van der Waals surface area contributed by atoms with Crippen LogP contribution in [0.25, 0.3) is 0 Å². The molecule has 2 aromatic carbocycles. The van der Waals surface area contributed by atoms with Crippen LogP contribution in [0.5, 0.6) is 0 Å². The standard InChI is InChI=1S/C24H23ClN4O6S/c1-24(2,3)35-23(32)28-17-9-8-14(12-18(17)29(33)34)21(30)27-16-7-5-4-6-15(16)13-26-22(31)19-10-11-20(25)36-19/h4-12H,13H2,1-3H3,(H,26,31)(H,27,30)(H,28,32).